The highest BCUT2D eigenvalue weighted by molar-refractivity contribution is 6.31. The molecular formula is C106H121Cl3N26O4. The lowest BCUT2D eigenvalue weighted by Gasteiger charge is -2.47. The number of aryl methyl sites for hydroxylation is 7. The third-order valence-corrected chi connectivity index (χ3v) is 28.2. The summed E-state index contributed by atoms with van der Waals surface area (Å²) in [7, 11) is 5.80. The number of anilines is 4. The maximum atomic E-state index is 13.3. The van der Waals surface area contributed by atoms with Gasteiger partial charge in [0.2, 0.25) is 0 Å². The highest BCUT2D eigenvalue weighted by atomic mass is 35.5. The van der Waals surface area contributed by atoms with Gasteiger partial charge in [-0.3, -0.25) is 14.0 Å². The minimum Gasteiger partial charge on any atom is -0.352 e. The number of halogens is 3. The van der Waals surface area contributed by atoms with Crippen molar-refractivity contribution in [1.82, 2.24) is 110 Å². The molecule has 33 heteroatoms. The number of aromatic nitrogens is 14. The molecule has 0 spiro atoms. The Bertz CT molecular complexity index is 6640. The Balaban J connectivity index is 0.000000128. The molecule has 4 aliphatic carbocycles. The van der Waals surface area contributed by atoms with E-state index in [2.05, 4.69) is 218 Å². The Morgan fingerprint density at radius 1 is 0.374 bits per heavy atom. The number of nitrogens with one attached hydrogen (secondary N) is 4. The van der Waals surface area contributed by atoms with Crippen molar-refractivity contribution in [3.05, 3.63) is 299 Å². The number of rotatable bonds is 16. The molecule has 7 aromatic heterocycles. The van der Waals surface area contributed by atoms with E-state index in [1.54, 1.807) is 25.3 Å². The van der Waals surface area contributed by atoms with Crippen LogP contribution in [0.4, 0.5) is 42.4 Å². The van der Waals surface area contributed by atoms with Crippen LogP contribution in [0.15, 0.2) is 171 Å². The third kappa shape index (κ3) is 22.2. The Labute approximate surface area is 827 Å². The standard InChI is InChI=1S/C30H35N5O.C26H30ClN7O.2C25H28ClN7O/c1-20-6-10-23(11-7-20)22(3)33-29(36)35-15-14-34(18-30(35,4)5)28-26-16-25(17-27(26)31-19-32-28)24-12-8-21(2)9-13-24;1-16-13-33(9-10-34(16)26(35)30-17(2)19-5-7-21(27)8-6-19)25-22-11-20(12-24(22)28-15-29-25)23-14-32(4)31-18(23)3;1-16(18-4-6-20(26)7-5-18)29-25(34)33-10-8-32(9-11-33)24-21-12-19(13-23(21)27-15-28-24)22-14-31(3)30-17(22)2;1-16-13-32(8-9-33(16)25(34)30-17(2)18-4-6-21(26)7-5-18)24-22-10-19(11-23(22)27-15-28-24)20-12-29-31(3)14-20/h6-13,16,19,22H,14-15,17-18H2,1-5H3,(H,33,36);5-8,11,14-17H,9-10,12-13H2,1-4H3,(H,30,35);4-7,12,14-16H,8-11,13H2,1-3H3,(H,29,34);4-7,10,12,14-17H,8-9,11,13H2,1-3H3,(H,30,34)/t22-;16-,17+;16-;16-,17+/m0101/s1. The molecule has 4 saturated heterocycles. The number of carbonyl (C=O) groups excluding carboxylic acids is 4. The summed E-state index contributed by atoms with van der Waals surface area (Å²) in [6.07, 6.45) is 26.6. The molecule has 8 aliphatic rings. The van der Waals surface area contributed by atoms with Crippen LogP contribution < -0.4 is 40.9 Å². The van der Waals surface area contributed by atoms with Crippen molar-refractivity contribution in [1.29, 1.82) is 0 Å². The molecule has 6 atom stereocenters. The summed E-state index contributed by atoms with van der Waals surface area (Å²) in [6, 6.07) is 39.2. The zero-order valence-corrected chi connectivity index (χ0v) is 83.8. The van der Waals surface area contributed by atoms with Crippen LogP contribution in [-0.4, -0.2) is 216 Å². The van der Waals surface area contributed by atoms with Crippen LogP contribution in [-0.2, 0) is 46.8 Å². The molecule has 20 rings (SSSR count). The second-order valence-corrected chi connectivity index (χ2v) is 39.4. The van der Waals surface area contributed by atoms with E-state index in [0.29, 0.717) is 80.5 Å². The first kappa shape index (κ1) is 96.8. The van der Waals surface area contributed by atoms with Crippen LogP contribution in [0, 0.1) is 27.7 Å². The zero-order valence-electron chi connectivity index (χ0n) is 81.6. The molecule has 4 N–H and O–H groups in total. The monoisotopic (exact) mass is 1930 g/mol. The van der Waals surface area contributed by atoms with Crippen molar-refractivity contribution >= 4 is 129 Å². The third-order valence-electron chi connectivity index (χ3n) is 27.4. The molecule has 4 fully saturated rings. The molecule has 12 aromatic rings. The first-order chi connectivity index (χ1) is 66.8. The van der Waals surface area contributed by atoms with E-state index in [0.717, 1.165) is 164 Å². The van der Waals surface area contributed by atoms with Gasteiger partial charge >= 0.3 is 24.1 Å². The molecule has 8 amide bonds. The van der Waals surface area contributed by atoms with E-state index in [-0.39, 0.29) is 65.9 Å². The molecule has 30 nitrogen and oxygen atoms in total. The fourth-order valence-electron chi connectivity index (χ4n) is 19.6. The van der Waals surface area contributed by atoms with Crippen LogP contribution in [0.2, 0.25) is 15.1 Å². The van der Waals surface area contributed by atoms with Crippen molar-refractivity contribution in [2.75, 3.05) is 105 Å². The van der Waals surface area contributed by atoms with Gasteiger partial charge in [0.15, 0.2) is 0 Å². The number of urea groups is 4. The summed E-state index contributed by atoms with van der Waals surface area (Å²) in [6.45, 7) is 33.5. The van der Waals surface area contributed by atoms with E-state index in [1.807, 2.05) is 182 Å². The molecule has 0 radical (unpaired) electrons. The van der Waals surface area contributed by atoms with Gasteiger partial charge in [-0.1, -0.05) is 131 Å². The van der Waals surface area contributed by atoms with Gasteiger partial charge in [0.1, 0.15) is 48.6 Å². The highest BCUT2D eigenvalue weighted by Crippen LogP contribution is 2.42. The van der Waals surface area contributed by atoms with Crippen LogP contribution >= 0.6 is 34.8 Å². The number of allylic oxidation sites excluding steroid dienone is 4. The molecule has 0 unspecified atom stereocenters. The number of hydrogen-bond acceptors (Lipinski definition) is 19. The van der Waals surface area contributed by atoms with Gasteiger partial charge in [0, 0.05) is 217 Å². The quantitative estimate of drug-likeness (QED) is 0.0699. The van der Waals surface area contributed by atoms with E-state index in [9.17, 15) is 19.2 Å². The summed E-state index contributed by atoms with van der Waals surface area (Å²) in [5.74, 6) is 3.78. The maximum absolute atomic E-state index is 13.3. The fraction of sp³-hybridized carbons (Fsp3) is 0.368. The minimum atomic E-state index is -0.352. The summed E-state index contributed by atoms with van der Waals surface area (Å²) in [5.41, 5.74) is 26.4. The Morgan fingerprint density at radius 2 is 0.712 bits per heavy atom. The second-order valence-electron chi connectivity index (χ2n) is 38.1. The molecule has 4 aliphatic heterocycles. The molecule has 0 saturated carbocycles. The van der Waals surface area contributed by atoms with E-state index in [4.69, 9.17) is 39.8 Å². The Kier molecular flexibility index (Phi) is 29.1. The lowest BCUT2D eigenvalue weighted by Crippen LogP contribution is -2.63. The zero-order chi connectivity index (χ0) is 97.8. The van der Waals surface area contributed by atoms with E-state index in [1.165, 1.54) is 39.0 Å². The lowest BCUT2D eigenvalue weighted by molar-refractivity contribution is 0.121. The number of fused-ring (bicyclic) bond motifs is 4. The Morgan fingerprint density at radius 3 is 1.09 bits per heavy atom. The van der Waals surface area contributed by atoms with Crippen molar-refractivity contribution in [2.24, 2.45) is 21.1 Å². The molecule has 11 heterocycles. The Hall–Kier alpha value is -13.8. The van der Waals surface area contributed by atoms with Gasteiger partial charge in [-0.05, 0) is 194 Å². The van der Waals surface area contributed by atoms with E-state index < -0.39 is 0 Å². The van der Waals surface area contributed by atoms with Gasteiger partial charge in [-0.2, -0.15) is 15.3 Å². The van der Waals surface area contributed by atoms with Gasteiger partial charge in [-0.25, -0.2) is 59.0 Å². The number of amides is 8. The highest BCUT2D eigenvalue weighted by Gasteiger charge is 2.41. The number of carbonyl (C=O) groups is 4. The summed E-state index contributed by atoms with van der Waals surface area (Å²) in [4.78, 5) is 106. The molecule has 5 aromatic carbocycles. The predicted octanol–water partition coefficient (Wildman–Crippen LogP) is 17.6. The smallest absolute Gasteiger partial charge is 0.318 e. The van der Waals surface area contributed by atoms with Crippen LogP contribution in [0.1, 0.15) is 192 Å². The average Bonchev–Trinajstić information content (AvgIpc) is 1.33. The normalized spacial score (nSPS) is 17.6. The number of hydrogen-bond donors (Lipinski definition) is 4. The van der Waals surface area contributed by atoms with Gasteiger partial charge in [0.25, 0.3) is 0 Å². The summed E-state index contributed by atoms with van der Waals surface area (Å²) < 4.78 is 5.51. The SMILES string of the molecule is C[C@H](NC(=O)N1CCN(c2ncnc3c2C=C(c2cnn(C)c2)C3)C[C@H]1C)c1ccc(Cl)cc1.Cc1ccc(C2=Cc3c(ncnc3N3CCN(C(=O)N[C@@H](C)c4ccc(C)cc4)C(C)(C)C3)C2)cc1.Cc1nn(C)cc1C1=Cc2c(ncnc2N2CCN(C(=O)N[C@@H](C)c3ccc(Cl)cc3)CC2)C1.Cc1nn(C)cc1C1=Cc2c(ncnc2N2CCN(C(=O)N[C@@H](C)c3ccc(Cl)cc3)[C@H](C)C2)C1. The maximum Gasteiger partial charge on any atom is 0.318 e. The average molecular weight is 1930 g/mol. The van der Waals surface area contributed by atoms with E-state index >= 15 is 0 Å². The number of benzene rings is 5. The summed E-state index contributed by atoms with van der Waals surface area (Å²) >= 11 is 18.0. The topological polar surface area (TPSA) is 299 Å². The summed E-state index contributed by atoms with van der Waals surface area (Å²) in [5, 5.41) is 27.9. The van der Waals surface area contributed by atoms with Gasteiger partial charge < -0.3 is 60.5 Å². The first-order valence-electron chi connectivity index (χ1n) is 47.6. The number of piperazine rings is 4. The molecular weight excluding hydrogens is 1810 g/mol. The van der Waals surface area contributed by atoms with Gasteiger partial charge in [-0.15, -0.1) is 0 Å². The van der Waals surface area contributed by atoms with Crippen LogP contribution in [0.5, 0.6) is 0 Å². The van der Waals surface area contributed by atoms with Gasteiger partial charge in [0.05, 0.1) is 70.1 Å². The minimum absolute atomic E-state index is 0.0257. The fourth-order valence-corrected chi connectivity index (χ4v) is 20.0. The number of nitrogens with zero attached hydrogens (tertiary/aromatic N) is 22. The predicted molar refractivity (Wildman–Crippen MR) is 552 cm³/mol. The molecule has 139 heavy (non-hydrogen) atoms. The van der Waals surface area contributed by atoms with Crippen molar-refractivity contribution in [2.45, 2.75) is 151 Å². The van der Waals surface area contributed by atoms with Crippen LogP contribution in [0.3, 0.4) is 0 Å². The molecule has 720 valence electrons. The van der Waals surface area contributed by atoms with Crippen molar-refractivity contribution < 1.29 is 19.2 Å². The lowest BCUT2D eigenvalue weighted by atomic mass is 9.98. The van der Waals surface area contributed by atoms with Crippen LogP contribution in [0.25, 0.3) is 46.6 Å². The largest absolute Gasteiger partial charge is 0.352 e. The van der Waals surface area contributed by atoms with Crippen molar-refractivity contribution in [3.8, 4) is 0 Å². The first-order valence-corrected chi connectivity index (χ1v) is 48.8. The van der Waals surface area contributed by atoms with Crippen molar-refractivity contribution in [3.63, 3.8) is 0 Å². The molecule has 0 bridgehead atoms. The second kappa shape index (κ2) is 41.8.